The van der Waals surface area contributed by atoms with Crippen LogP contribution in [0.1, 0.15) is 36.4 Å². The predicted octanol–water partition coefficient (Wildman–Crippen LogP) is 1.36. The highest BCUT2D eigenvalue weighted by atomic mass is 16.3. The van der Waals surface area contributed by atoms with Gasteiger partial charge in [-0.3, -0.25) is 15.1 Å². The second-order valence-corrected chi connectivity index (χ2v) is 4.65. The van der Waals surface area contributed by atoms with Crippen molar-refractivity contribution in [3.05, 3.63) is 23.7 Å². The quantitative estimate of drug-likeness (QED) is 0.447. The highest BCUT2D eigenvalue weighted by molar-refractivity contribution is 5.94. The van der Waals surface area contributed by atoms with E-state index in [-0.39, 0.29) is 5.91 Å². The fourth-order valence-corrected chi connectivity index (χ4v) is 1.55. The van der Waals surface area contributed by atoms with Crippen LogP contribution in [0.15, 0.2) is 16.7 Å². The molecular weight excluding hydrogens is 218 g/mol. The minimum Gasteiger partial charge on any atom is -0.467 e. The second kappa shape index (κ2) is 6.42. The summed E-state index contributed by atoms with van der Waals surface area (Å²) in [4.78, 5) is 13.6. The van der Waals surface area contributed by atoms with Gasteiger partial charge in [0.15, 0.2) is 0 Å². The fourth-order valence-electron chi connectivity index (χ4n) is 1.55. The molecule has 0 unspecified atom stereocenters. The Morgan fingerprint density at radius 1 is 1.59 bits per heavy atom. The molecule has 0 aliphatic rings. The first-order valence-electron chi connectivity index (χ1n) is 5.80. The molecule has 96 valence electrons. The van der Waals surface area contributed by atoms with Gasteiger partial charge in [-0.2, -0.15) is 0 Å². The summed E-state index contributed by atoms with van der Waals surface area (Å²) in [5.41, 5.74) is 2.62. The number of nitrogens with two attached hydrogens (primary N) is 1. The normalized spacial score (nSPS) is 11.2. The number of carbonyl (C=O) groups excluding carboxylic acids is 1. The first kappa shape index (κ1) is 13.7. The maximum atomic E-state index is 11.4. The third-order valence-corrected chi connectivity index (χ3v) is 2.62. The third kappa shape index (κ3) is 4.20. The van der Waals surface area contributed by atoms with Crippen molar-refractivity contribution < 1.29 is 9.21 Å². The Balaban J connectivity index is 2.56. The topological polar surface area (TPSA) is 71.5 Å². The van der Waals surface area contributed by atoms with Gasteiger partial charge in [0.25, 0.3) is 5.91 Å². The van der Waals surface area contributed by atoms with Crippen molar-refractivity contribution in [2.75, 3.05) is 13.6 Å². The summed E-state index contributed by atoms with van der Waals surface area (Å²) in [7, 11) is 2.01. The smallest absolute Gasteiger partial charge is 0.268 e. The summed E-state index contributed by atoms with van der Waals surface area (Å²) < 4.78 is 5.31. The second-order valence-electron chi connectivity index (χ2n) is 4.65. The molecular formula is C12H21N3O2. The van der Waals surface area contributed by atoms with Crippen molar-refractivity contribution in [1.82, 2.24) is 10.3 Å². The molecule has 1 aromatic rings. The summed E-state index contributed by atoms with van der Waals surface area (Å²) in [6.45, 7) is 5.96. The Morgan fingerprint density at radius 2 is 2.29 bits per heavy atom. The Bertz CT molecular complexity index is 360. The molecule has 3 N–H and O–H groups in total. The molecule has 1 rings (SSSR count). The van der Waals surface area contributed by atoms with Crippen LogP contribution in [-0.2, 0) is 6.54 Å². The van der Waals surface area contributed by atoms with Gasteiger partial charge in [-0.25, -0.2) is 5.84 Å². The lowest BCUT2D eigenvalue weighted by atomic mass is 10.1. The Hall–Kier alpha value is -1.33. The van der Waals surface area contributed by atoms with Crippen LogP contribution in [0.2, 0.25) is 0 Å². The van der Waals surface area contributed by atoms with E-state index in [0.717, 1.165) is 13.0 Å². The number of nitrogen functional groups attached to an aromatic ring is 1. The first-order chi connectivity index (χ1) is 8.04. The number of amides is 1. The van der Waals surface area contributed by atoms with Gasteiger partial charge in [0.2, 0.25) is 0 Å². The number of rotatable bonds is 6. The standard InChI is InChI=1S/C12H21N3O2/c1-9(2)4-6-15(3)8-11-10(5-7-17-11)12(16)14-13/h5,7,9H,4,6,8,13H2,1-3H3,(H,14,16). The Kier molecular flexibility index (Phi) is 5.18. The van der Waals surface area contributed by atoms with E-state index < -0.39 is 0 Å². The molecule has 0 bridgehead atoms. The number of nitrogens with zero attached hydrogens (tertiary/aromatic N) is 1. The monoisotopic (exact) mass is 239 g/mol. The van der Waals surface area contributed by atoms with E-state index in [0.29, 0.717) is 23.8 Å². The number of nitrogens with one attached hydrogen (secondary N) is 1. The van der Waals surface area contributed by atoms with Gasteiger partial charge in [0, 0.05) is 0 Å². The van der Waals surface area contributed by atoms with Gasteiger partial charge < -0.3 is 4.42 Å². The van der Waals surface area contributed by atoms with E-state index in [1.807, 2.05) is 7.05 Å². The van der Waals surface area contributed by atoms with Gasteiger partial charge in [-0.1, -0.05) is 13.8 Å². The van der Waals surface area contributed by atoms with Crippen molar-refractivity contribution in [2.24, 2.45) is 11.8 Å². The molecule has 1 aromatic heterocycles. The van der Waals surface area contributed by atoms with E-state index in [1.54, 1.807) is 6.07 Å². The van der Waals surface area contributed by atoms with E-state index in [9.17, 15) is 4.79 Å². The van der Waals surface area contributed by atoms with Gasteiger partial charge in [-0.05, 0) is 32.0 Å². The van der Waals surface area contributed by atoms with Crippen molar-refractivity contribution in [3.8, 4) is 0 Å². The van der Waals surface area contributed by atoms with Crippen LogP contribution >= 0.6 is 0 Å². The SMILES string of the molecule is CC(C)CCN(C)Cc1occc1C(=O)NN. The van der Waals surface area contributed by atoms with Crippen molar-refractivity contribution in [3.63, 3.8) is 0 Å². The molecule has 0 aliphatic heterocycles. The van der Waals surface area contributed by atoms with E-state index in [1.165, 1.54) is 6.26 Å². The third-order valence-electron chi connectivity index (χ3n) is 2.62. The van der Waals surface area contributed by atoms with Gasteiger partial charge in [-0.15, -0.1) is 0 Å². The van der Waals surface area contributed by atoms with Crippen molar-refractivity contribution in [2.45, 2.75) is 26.8 Å². The molecule has 5 heteroatoms. The molecule has 0 atom stereocenters. The summed E-state index contributed by atoms with van der Waals surface area (Å²) in [5, 5.41) is 0. The summed E-state index contributed by atoms with van der Waals surface area (Å²) >= 11 is 0. The number of furan rings is 1. The van der Waals surface area contributed by atoms with Crippen LogP contribution in [0, 0.1) is 5.92 Å². The number of hydrazine groups is 1. The molecule has 0 aromatic carbocycles. The van der Waals surface area contributed by atoms with E-state index in [2.05, 4.69) is 24.2 Å². The summed E-state index contributed by atoms with van der Waals surface area (Å²) in [5.74, 6) is 6.11. The summed E-state index contributed by atoms with van der Waals surface area (Å²) in [6.07, 6.45) is 2.63. The summed E-state index contributed by atoms with van der Waals surface area (Å²) in [6, 6.07) is 1.63. The molecule has 0 aliphatic carbocycles. The zero-order chi connectivity index (χ0) is 12.8. The number of hydrogen-bond donors (Lipinski definition) is 2. The lowest BCUT2D eigenvalue weighted by Crippen LogP contribution is -2.31. The van der Waals surface area contributed by atoms with Crippen molar-refractivity contribution in [1.29, 1.82) is 0 Å². The largest absolute Gasteiger partial charge is 0.467 e. The van der Waals surface area contributed by atoms with Crippen LogP contribution in [-0.4, -0.2) is 24.4 Å². The average Bonchev–Trinajstić information content (AvgIpc) is 2.73. The lowest BCUT2D eigenvalue weighted by molar-refractivity contribution is 0.0950. The van der Waals surface area contributed by atoms with Crippen molar-refractivity contribution >= 4 is 5.91 Å². The van der Waals surface area contributed by atoms with Gasteiger partial charge in [0.1, 0.15) is 5.76 Å². The van der Waals surface area contributed by atoms with Crippen LogP contribution in [0.25, 0.3) is 0 Å². The molecule has 0 saturated carbocycles. The maximum Gasteiger partial charge on any atom is 0.268 e. The lowest BCUT2D eigenvalue weighted by Gasteiger charge is -2.16. The molecule has 17 heavy (non-hydrogen) atoms. The van der Waals surface area contributed by atoms with E-state index >= 15 is 0 Å². The first-order valence-corrected chi connectivity index (χ1v) is 5.80. The molecule has 1 amide bonds. The molecule has 1 heterocycles. The highest BCUT2D eigenvalue weighted by Crippen LogP contribution is 2.13. The van der Waals surface area contributed by atoms with Gasteiger partial charge in [0.05, 0.1) is 18.4 Å². The Morgan fingerprint density at radius 3 is 2.88 bits per heavy atom. The predicted molar refractivity (Wildman–Crippen MR) is 66.2 cm³/mol. The average molecular weight is 239 g/mol. The minimum atomic E-state index is -0.314. The number of hydrogen-bond acceptors (Lipinski definition) is 4. The minimum absolute atomic E-state index is 0.314. The van der Waals surface area contributed by atoms with Crippen LogP contribution in [0.4, 0.5) is 0 Å². The Labute approximate surface area is 102 Å². The molecule has 0 saturated heterocycles. The molecule has 5 nitrogen and oxygen atoms in total. The van der Waals surface area contributed by atoms with Crippen LogP contribution in [0.3, 0.4) is 0 Å². The molecule has 0 fully saturated rings. The molecule has 0 spiro atoms. The maximum absolute atomic E-state index is 11.4. The van der Waals surface area contributed by atoms with Gasteiger partial charge >= 0.3 is 0 Å². The zero-order valence-corrected chi connectivity index (χ0v) is 10.7. The highest BCUT2D eigenvalue weighted by Gasteiger charge is 2.15. The fraction of sp³-hybridized carbons (Fsp3) is 0.583. The van der Waals surface area contributed by atoms with Crippen LogP contribution in [0.5, 0.6) is 0 Å². The zero-order valence-electron chi connectivity index (χ0n) is 10.7. The molecule has 0 radical (unpaired) electrons. The van der Waals surface area contributed by atoms with E-state index in [4.69, 9.17) is 10.3 Å². The van der Waals surface area contributed by atoms with Crippen LogP contribution < -0.4 is 11.3 Å². The number of carbonyl (C=O) groups is 1.